The average Bonchev–Trinajstić information content (AvgIpc) is 2.76. The van der Waals surface area contributed by atoms with Crippen molar-refractivity contribution in [1.29, 1.82) is 0 Å². The Hall–Kier alpha value is -3.21. The first kappa shape index (κ1) is 21.0. The van der Waals surface area contributed by atoms with Crippen LogP contribution in [-0.2, 0) is 31.2 Å². The molecule has 2 aromatic carbocycles. The van der Waals surface area contributed by atoms with Crippen LogP contribution in [0.2, 0.25) is 0 Å². The van der Waals surface area contributed by atoms with Gasteiger partial charge in [0, 0.05) is 19.3 Å². The van der Waals surface area contributed by atoms with Gasteiger partial charge < -0.3 is 10.0 Å². The molecule has 0 saturated heterocycles. The fourth-order valence-electron chi connectivity index (χ4n) is 4.03. The van der Waals surface area contributed by atoms with Gasteiger partial charge in [-0.05, 0) is 46.9 Å². The molecule has 0 bridgehead atoms. The quantitative estimate of drug-likeness (QED) is 0.647. The topological polar surface area (TPSA) is 66.3 Å². The number of aromatic nitrogens is 2. The Kier molecular flexibility index (Phi) is 5.77. The Morgan fingerprint density at radius 1 is 1.03 bits per heavy atom. The molecule has 1 aliphatic heterocycles. The lowest BCUT2D eigenvalue weighted by Crippen LogP contribution is -2.32. The third-order valence-corrected chi connectivity index (χ3v) is 5.97. The normalized spacial score (nSPS) is 13.7. The molecule has 31 heavy (non-hydrogen) atoms. The summed E-state index contributed by atoms with van der Waals surface area (Å²) >= 11 is 0. The van der Waals surface area contributed by atoms with Gasteiger partial charge in [-0.25, -0.2) is 14.8 Å². The summed E-state index contributed by atoms with van der Waals surface area (Å²) in [6.45, 7) is 8.17. The Morgan fingerprint density at radius 2 is 1.74 bits per heavy atom. The van der Waals surface area contributed by atoms with Crippen molar-refractivity contribution >= 4 is 11.9 Å². The summed E-state index contributed by atoms with van der Waals surface area (Å²) < 4.78 is 0. The molecule has 1 aromatic heterocycles. The van der Waals surface area contributed by atoms with Crippen LogP contribution in [0.15, 0.2) is 54.7 Å². The summed E-state index contributed by atoms with van der Waals surface area (Å²) in [5, 5.41) is 9.63. The van der Waals surface area contributed by atoms with E-state index in [1.54, 1.807) is 0 Å². The summed E-state index contributed by atoms with van der Waals surface area (Å²) in [6, 6.07) is 17.0. The lowest BCUT2D eigenvalue weighted by Gasteiger charge is -2.29. The monoisotopic (exact) mass is 415 g/mol. The van der Waals surface area contributed by atoms with E-state index in [0.29, 0.717) is 18.1 Å². The molecule has 0 spiro atoms. The molecule has 2 heterocycles. The van der Waals surface area contributed by atoms with Gasteiger partial charge in [0.15, 0.2) is 0 Å². The maximum atomic E-state index is 11.7. The highest BCUT2D eigenvalue weighted by atomic mass is 16.4. The van der Waals surface area contributed by atoms with E-state index in [1.807, 2.05) is 6.07 Å². The number of carboxylic acid groups (broad SMARTS) is 1. The molecule has 0 fully saturated rings. The van der Waals surface area contributed by atoms with E-state index in [0.717, 1.165) is 25.9 Å². The summed E-state index contributed by atoms with van der Waals surface area (Å²) in [7, 11) is 0. The van der Waals surface area contributed by atoms with E-state index in [9.17, 15) is 9.90 Å². The number of carbonyl (C=O) groups is 1. The summed E-state index contributed by atoms with van der Waals surface area (Å²) in [5.74, 6) is -0.369. The van der Waals surface area contributed by atoms with Crippen molar-refractivity contribution < 1.29 is 9.90 Å². The molecule has 160 valence electrons. The Labute approximate surface area is 183 Å². The highest BCUT2D eigenvalue weighted by Crippen LogP contribution is 2.24. The van der Waals surface area contributed by atoms with Gasteiger partial charge in [0.25, 0.3) is 0 Å². The van der Waals surface area contributed by atoms with Crippen LogP contribution < -0.4 is 4.90 Å². The molecule has 3 aromatic rings. The zero-order chi connectivity index (χ0) is 22.0. The van der Waals surface area contributed by atoms with Crippen molar-refractivity contribution in [2.24, 2.45) is 0 Å². The number of rotatable bonds is 5. The minimum Gasteiger partial charge on any atom is -0.478 e. The van der Waals surface area contributed by atoms with E-state index >= 15 is 0 Å². The standard InChI is InChI=1S/C26H29N3O2/c1-26(2,3)21-11-8-18(9-12-21)10-13-23-22(24(30)31)16-27-25(28-23)29-15-14-19-6-4-5-7-20(19)17-29/h4-9,11-12,16H,10,13-15,17H2,1-3H3,(H,30,31). The van der Waals surface area contributed by atoms with E-state index in [4.69, 9.17) is 4.98 Å². The maximum absolute atomic E-state index is 11.7. The van der Waals surface area contributed by atoms with Crippen molar-refractivity contribution in [2.75, 3.05) is 11.4 Å². The van der Waals surface area contributed by atoms with Gasteiger partial charge >= 0.3 is 5.97 Å². The lowest BCUT2D eigenvalue weighted by molar-refractivity contribution is 0.0694. The molecular formula is C26H29N3O2. The first-order valence-corrected chi connectivity index (χ1v) is 10.8. The Morgan fingerprint density at radius 3 is 2.42 bits per heavy atom. The van der Waals surface area contributed by atoms with Gasteiger partial charge in [-0.1, -0.05) is 69.3 Å². The molecule has 0 radical (unpaired) electrons. The van der Waals surface area contributed by atoms with Crippen LogP contribution in [0.25, 0.3) is 0 Å². The largest absolute Gasteiger partial charge is 0.478 e. The zero-order valence-electron chi connectivity index (χ0n) is 18.4. The second kappa shape index (κ2) is 8.50. The minimum atomic E-state index is -0.978. The van der Waals surface area contributed by atoms with E-state index < -0.39 is 5.97 Å². The van der Waals surface area contributed by atoms with Gasteiger partial charge in [0.2, 0.25) is 5.95 Å². The van der Waals surface area contributed by atoms with Crippen LogP contribution in [0.5, 0.6) is 0 Å². The average molecular weight is 416 g/mol. The van der Waals surface area contributed by atoms with Gasteiger partial charge in [0.05, 0.1) is 11.3 Å². The number of aromatic carboxylic acids is 1. The fourth-order valence-corrected chi connectivity index (χ4v) is 4.03. The van der Waals surface area contributed by atoms with Gasteiger partial charge in [0.1, 0.15) is 0 Å². The summed E-state index contributed by atoms with van der Waals surface area (Å²) in [6.07, 6.45) is 3.71. The maximum Gasteiger partial charge on any atom is 0.339 e. The predicted octanol–water partition coefficient (Wildman–Crippen LogP) is 4.82. The van der Waals surface area contributed by atoms with Gasteiger partial charge in [-0.3, -0.25) is 0 Å². The van der Waals surface area contributed by atoms with Crippen molar-refractivity contribution in [2.45, 2.75) is 52.0 Å². The number of benzene rings is 2. The minimum absolute atomic E-state index is 0.115. The Balaban J connectivity index is 1.53. The first-order valence-electron chi connectivity index (χ1n) is 10.8. The van der Waals surface area contributed by atoms with E-state index in [1.165, 1.54) is 28.5 Å². The fraction of sp³-hybridized carbons (Fsp3) is 0.346. The van der Waals surface area contributed by atoms with Crippen molar-refractivity contribution in [3.8, 4) is 0 Å². The third-order valence-electron chi connectivity index (χ3n) is 5.97. The molecule has 0 aliphatic carbocycles. The van der Waals surface area contributed by atoms with Crippen LogP contribution >= 0.6 is 0 Å². The molecule has 0 atom stereocenters. The lowest BCUT2D eigenvalue weighted by atomic mass is 9.86. The molecule has 1 N–H and O–H groups in total. The Bertz CT molecular complexity index is 1080. The first-order chi connectivity index (χ1) is 14.8. The number of hydrogen-bond donors (Lipinski definition) is 1. The SMILES string of the molecule is CC(C)(C)c1ccc(CCc2nc(N3CCc4ccccc4C3)ncc2C(=O)O)cc1. The number of fused-ring (bicyclic) bond motifs is 1. The molecule has 0 saturated carbocycles. The second-order valence-corrected chi connectivity index (χ2v) is 9.22. The van der Waals surface area contributed by atoms with E-state index in [-0.39, 0.29) is 11.0 Å². The number of anilines is 1. The van der Waals surface area contributed by atoms with Crippen LogP contribution in [-0.4, -0.2) is 27.6 Å². The number of carboxylic acids is 1. The smallest absolute Gasteiger partial charge is 0.339 e. The molecule has 4 rings (SSSR count). The van der Waals surface area contributed by atoms with Crippen LogP contribution in [0.3, 0.4) is 0 Å². The molecule has 0 amide bonds. The summed E-state index contributed by atoms with van der Waals surface area (Å²) in [4.78, 5) is 23.0. The van der Waals surface area contributed by atoms with Crippen molar-refractivity contribution in [3.05, 3.63) is 88.2 Å². The number of nitrogens with zero attached hydrogens (tertiary/aromatic N) is 3. The second-order valence-electron chi connectivity index (χ2n) is 9.22. The number of aryl methyl sites for hydroxylation is 2. The van der Waals surface area contributed by atoms with Crippen LogP contribution in [0.1, 0.15) is 59.1 Å². The highest BCUT2D eigenvalue weighted by Gasteiger charge is 2.21. The summed E-state index contributed by atoms with van der Waals surface area (Å²) in [5.41, 5.74) is 6.00. The number of hydrogen-bond acceptors (Lipinski definition) is 4. The predicted molar refractivity (Wildman–Crippen MR) is 123 cm³/mol. The molecule has 5 heteroatoms. The molecule has 5 nitrogen and oxygen atoms in total. The van der Waals surface area contributed by atoms with Gasteiger partial charge in [-0.2, -0.15) is 0 Å². The van der Waals surface area contributed by atoms with Crippen LogP contribution in [0.4, 0.5) is 5.95 Å². The van der Waals surface area contributed by atoms with Crippen molar-refractivity contribution in [3.63, 3.8) is 0 Å². The van der Waals surface area contributed by atoms with Gasteiger partial charge in [-0.15, -0.1) is 0 Å². The van der Waals surface area contributed by atoms with E-state index in [2.05, 4.69) is 73.1 Å². The zero-order valence-corrected chi connectivity index (χ0v) is 18.4. The van der Waals surface area contributed by atoms with Crippen LogP contribution in [0, 0.1) is 0 Å². The third kappa shape index (κ3) is 4.76. The molecule has 0 unspecified atom stereocenters. The molecular weight excluding hydrogens is 386 g/mol. The van der Waals surface area contributed by atoms with Crippen molar-refractivity contribution in [1.82, 2.24) is 9.97 Å². The molecule has 1 aliphatic rings. The highest BCUT2D eigenvalue weighted by molar-refractivity contribution is 5.88.